The van der Waals surface area contributed by atoms with Crippen molar-refractivity contribution in [2.45, 2.75) is 55.4 Å². The van der Waals surface area contributed by atoms with E-state index in [1.54, 1.807) is 30.3 Å². The molecular formula is C26H31ClN2O4S. The van der Waals surface area contributed by atoms with Gasteiger partial charge in [-0.3, -0.25) is 4.79 Å². The van der Waals surface area contributed by atoms with Crippen LogP contribution in [0.1, 0.15) is 54.4 Å². The van der Waals surface area contributed by atoms with Crippen LogP contribution in [0, 0.1) is 17.8 Å². The lowest BCUT2D eigenvalue weighted by Gasteiger charge is -2.56. The molecule has 0 saturated heterocycles. The molecule has 0 atom stereocenters. The number of ether oxygens (including phenoxy) is 1. The standard InChI is InChI=1S/C26H31ClN2O4S/c1-33-24-7-4-21(13-23(24)27)25(30)28-9-8-17-2-5-22(6-3-17)34(31,32)29-26-14-18-10-19(15-26)12-20(11-18)16-26/h2-7,13,18-20,29H,8-12,14-16H2,1H3,(H,28,30). The van der Waals surface area contributed by atoms with Crippen LogP contribution in [0.4, 0.5) is 0 Å². The van der Waals surface area contributed by atoms with Crippen molar-refractivity contribution < 1.29 is 17.9 Å². The van der Waals surface area contributed by atoms with E-state index in [9.17, 15) is 13.2 Å². The Labute approximate surface area is 206 Å². The first-order chi connectivity index (χ1) is 16.2. The van der Waals surface area contributed by atoms with Crippen LogP contribution in [0.25, 0.3) is 0 Å². The van der Waals surface area contributed by atoms with Crippen molar-refractivity contribution in [3.63, 3.8) is 0 Å². The predicted molar refractivity (Wildman–Crippen MR) is 132 cm³/mol. The summed E-state index contributed by atoms with van der Waals surface area (Å²) in [5, 5.41) is 3.26. The Morgan fingerprint density at radius 2 is 1.65 bits per heavy atom. The number of halogens is 1. The second-order valence-corrected chi connectivity index (χ2v) is 12.4. The first-order valence-corrected chi connectivity index (χ1v) is 13.9. The van der Waals surface area contributed by atoms with Crippen LogP contribution >= 0.6 is 11.6 Å². The number of methoxy groups -OCH3 is 1. The number of hydrogen-bond acceptors (Lipinski definition) is 4. The summed E-state index contributed by atoms with van der Waals surface area (Å²) in [5.74, 6) is 2.34. The normalized spacial score (nSPS) is 27.5. The molecule has 182 valence electrons. The third-order valence-electron chi connectivity index (χ3n) is 7.74. The number of carbonyl (C=O) groups excluding carboxylic acids is 1. The highest BCUT2D eigenvalue weighted by atomic mass is 35.5. The van der Waals surface area contributed by atoms with Gasteiger partial charge in [-0.25, -0.2) is 13.1 Å². The summed E-state index contributed by atoms with van der Waals surface area (Å²) < 4.78 is 34.6. The van der Waals surface area contributed by atoms with E-state index >= 15 is 0 Å². The maximum atomic E-state index is 13.2. The van der Waals surface area contributed by atoms with Crippen molar-refractivity contribution in [2.75, 3.05) is 13.7 Å². The fraction of sp³-hybridized carbons (Fsp3) is 0.500. The highest BCUT2D eigenvalue weighted by Gasteiger charge is 2.52. The van der Waals surface area contributed by atoms with Crippen molar-refractivity contribution >= 4 is 27.5 Å². The molecule has 6 nitrogen and oxygen atoms in total. The van der Waals surface area contributed by atoms with Gasteiger partial charge < -0.3 is 10.1 Å². The van der Waals surface area contributed by atoms with Gasteiger partial charge in [-0.05, 0) is 98.6 Å². The molecule has 4 fully saturated rings. The molecule has 0 aliphatic heterocycles. The Kier molecular flexibility index (Phi) is 6.38. The number of nitrogens with one attached hydrogen (secondary N) is 2. The molecular weight excluding hydrogens is 472 g/mol. The van der Waals surface area contributed by atoms with Gasteiger partial charge >= 0.3 is 0 Å². The van der Waals surface area contributed by atoms with E-state index in [2.05, 4.69) is 10.0 Å². The van der Waals surface area contributed by atoms with Gasteiger partial charge in [0.2, 0.25) is 10.0 Å². The molecule has 2 aromatic carbocycles. The molecule has 8 heteroatoms. The van der Waals surface area contributed by atoms with Crippen LogP contribution in [-0.4, -0.2) is 33.5 Å². The molecule has 2 aromatic rings. The van der Waals surface area contributed by atoms with E-state index in [1.807, 2.05) is 12.1 Å². The van der Waals surface area contributed by atoms with Gasteiger partial charge in [0.25, 0.3) is 5.91 Å². The van der Waals surface area contributed by atoms with Crippen molar-refractivity contribution in [1.82, 2.24) is 10.0 Å². The Hall–Kier alpha value is -2.09. The number of benzene rings is 2. The fourth-order valence-corrected chi connectivity index (χ4v) is 8.33. The lowest BCUT2D eigenvalue weighted by molar-refractivity contribution is -0.00810. The highest BCUT2D eigenvalue weighted by molar-refractivity contribution is 7.89. The molecule has 4 saturated carbocycles. The third kappa shape index (κ3) is 4.83. The molecule has 0 spiro atoms. The number of amides is 1. The van der Waals surface area contributed by atoms with E-state index in [1.165, 1.54) is 26.4 Å². The fourth-order valence-electron chi connectivity index (χ4n) is 6.64. The number of rotatable bonds is 8. The lowest BCUT2D eigenvalue weighted by atomic mass is 9.53. The van der Waals surface area contributed by atoms with Crippen LogP contribution in [0.3, 0.4) is 0 Å². The maximum absolute atomic E-state index is 13.2. The lowest BCUT2D eigenvalue weighted by Crippen LogP contribution is -2.59. The number of sulfonamides is 1. The molecule has 4 aliphatic rings. The van der Waals surface area contributed by atoms with E-state index in [-0.39, 0.29) is 11.4 Å². The van der Waals surface area contributed by atoms with E-state index < -0.39 is 10.0 Å². The summed E-state index contributed by atoms with van der Waals surface area (Å²) in [4.78, 5) is 12.7. The van der Waals surface area contributed by atoms with E-state index in [0.29, 0.717) is 52.0 Å². The molecule has 0 radical (unpaired) electrons. The van der Waals surface area contributed by atoms with E-state index in [4.69, 9.17) is 16.3 Å². The highest BCUT2D eigenvalue weighted by Crippen LogP contribution is 2.56. The quantitative estimate of drug-likeness (QED) is 0.554. The summed E-state index contributed by atoms with van der Waals surface area (Å²) in [5.41, 5.74) is 1.17. The third-order valence-corrected chi connectivity index (χ3v) is 9.63. The van der Waals surface area contributed by atoms with Gasteiger partial charge in [0.05, 0.1) is 17.0 Å². The number of hydrogen-bond donors (Lipinski definition) is 2. The first-order valence-electron chi connectivity index (χ1n) is 12.0. The van der Waals surface area contributed by atoms with Gasteiger partial charge in [0.15, 0.2) is 0 Å². The van der Waals surface area contributed by atoms with Crippen LogP contribution in [0.15, 0.2) is 47.4 Å². The summed E-state index contributed by atoms with van der Waals surface area (Å²) >= 11 is 6.09. The zero-order valence-corrected chi connectivity index (χ0v) is 20.9. The molecule has 2 N–H and O–H groups in total. The monoisotopic (exact) mass is 502 g/mol. The zero-order chi connectivity index (χ0) is 23.9. The second kappa shape index (κ2) is 9.17. The van der Waals surface area contributed by atoms with Crippen LogP contribution in [0.2, 0.25) is 5.02 Å². The number of carbonyl (C=O) groups is 1. The Morgan fingerprint density at radius 3 is 2.21 bits per heavy atom. The Balaban J connectivity index is 1.17. The topological polar surface area (TPSA) is 84.5 Å². The molecule has 0 heterocycles. The largest absolute Gasteiger partial charge is 0.495 e. The molecule has 0 unspecified atom stereocenters. The average Bonchev–Trinajstić information content (AvgIpc) is 2.77. The first kappa shape index (κ1) is 23.6. The van der Waals surface area contributed by atoms with Gasteiger partial charge in [-0.1, -0.05) is 23.7 Å². The van der Waals surface area contributed by atoms with Crippen molar-refractivity contribution in [2.24, 2.45) is 17.8 Å². The smallest absolute Gasteiger partial charge is 0.251 e. The van der Waals surface area contributed by atoms with Crippen LogP contribution in [0.5, 0.6) is 5.75 Å². The summed E-state index contributed by atoms with van der Waals surface area (Å²) in [6.07, 6.45) is 7.37. The predicted octanol–water partition coefficient (Wildman–Crippen LogP) is 4.57. The van der Waals surface area contributed by atoms with Crippen molar-refractivity contribution in [3.8, 4) is 5.75 Å². The zero-order valence-electron chi connectivity index (χ0n) is 19.3. The molecule has 4 aliphatic carbocycles. The Bertz CT molecular complexity index is 1140. The van der Waals surface area contributed by atoms with Crippen molar-refractivity contribution in [3.05, 3.63) is 58.6 Å². The minimum atomic E-state index is -3.56. The molecule has 4 bridgehead atoms. The van der Waals surface area contributed by atoms with Gasteiger partial charge in [0.1, 0.15) is 5.75 Å². The van der Waals surface area contributed by atoms with Gasteiger partial charge in [0, 0.05) is 17.6 Å². The van der Waals surface area contributed by atoms with Crippen molar-refractivity contribution in [1.29, 1.82) is 0 Å². The summed E-state index contributed by atoms with van der Waals surface area (Å²) in [6, 6.07) is 11.9. The molecule has 6 rings (SSSR count). The second-order valence-electron chi connectivity index (χ2n) is 10.3. The Morgan fingerprint density at radius 1 is 1.03 bits per heavy atom. The van der Waals surface area contributed by atoms with Crippen LogP contribution in [-0.2, 0) is 16.4 Å². The minimum absolute atomic E-state index is 0.219. The minimum Gasteiger partial charge on any atom is -0.495 e. The summed E-state index contributed by atoms with van der Waals surface area (Å²) in [7, 11) is -2.04. The van der Waals surface area contributed by atoms with Gasteiger partial charge in [-0.2, -0.15) is 0 Å². The molecule has 1 amide bonds. The maximum Gasteiger partial charge on any atom is 0.251 e. The SMILES string of the molecule is COc1ccc(C(=O)NCCc2ccc(S(=O)(=O)NC34CC5CC(CC(C5)C3)C4)cc2)cc1Cl. The van der Waals surface area contributed by atoms with E-state index in [0.717, 1.165) is 24.8 Å². The van der Waals surface area contributed by atoms with Gasteiger partial charge in [-0.15, -0.1) is 0 Å². The average molecular weight is 503 g/mol. The summed E-state index contributed by atoms with van der Waals surface area (Å²) in [6.45, 7) is 0.431. The molecule has 34 heavy (non-hydrogen) atoms. The molecule has 0 aromatic heterocycles. The van der Waals surface area contributed by atoms with Crippen LogP contribution < -0.4 is 14.8 Å².